The lowest BCUT2D eigenvalue weighted by Gasteiger charge is -2.30. The number of rotatable bonds is 4. The Kier molecular flexibility index (Phi) is 5.38. The minimum absolute atomic E-state index is 0.0339. The number of nitrogens with one attached hydrogen (secondary N) is 2. The van der Waals surface area contributed by atoms with Crippen molar-refractivity contribution in [2.24, 2.45) is 0 Å². The van der Waals surface area contributed by atoms with Crippen LogP contribution in [0.4, 0.5) is 10.5 Å². The third-order valence-corrected chi connectivity index (χ3v) is 4.71. The number of urea groups is 1. The van der Waals surface area contributed by atoms with Crippen molar-refractivity contribution in [3.05, 3.63) is 47.3 Å². The van der Waals surface area contributed by atoms with Gasteiger partial charge in [-0.15, -0.1) is 0 Å². The fourth-order valence-corrected chi connectivity index (χ4v) is 3.35. The highest BCUT2D eigenvalue weighted by Gasteiger charge is 2.25. The van der Waals surface area contributed by atoms with Crippen LogP contribution in [0.5, 0.6) is 0 Å². The number of anilines is 1. The van der Waals surface area contributed by atoms with Crippen molar-refractivity contribution in [1.29, 1.82) is 0 Å². The van der Waals surface area contributed by atoms with Gasteiger partial charge in [0.15, 0.2) is 0 Å². The molecule has 1 saturated heterocycles. The lowest BCUT2D eigenvalue weighted by molar-refractivity contribution is 0.00253. The van der Waals surface area contributed by atoms with E-state index in [0.29, 0.717) is 6.61 Å². The third-order valence-electron chi connectivity index (χ3n) is 4.71. The average Bonchev–Trinajstić information content (AvgIpc) is 2.90. The molecule has 2 heterocycles. The zero-order valence-electron chi connectivity index (χ0n) is 15.1. The van der Waals surface area contributed by atoms with E-state index in [4.69, 9.17) is 4.74 Å². The first-order valence-electron chi connectivity index (χ1n) is 8.86. The Morgan fingerprint density at radius 2 is 2.08 bits per heavy atom. The third kappa shape index (κ3) is 4.02. The van der Waals surface area contributed by atoms with Gasteiger partial charge in [0.2, 0.25) is 0 Å². The SMILES string of the molecule is CCn1nc(C)c(NC(=O)N[C@@H]2CCO[C@@H](c3ccccc3)C2)c1C. The maximum absolute atomic E-state index is 12.4. The van der Waals surface area contributed by atoms with E-state index in [9.17, 15) is 4.79 Å². The van der Waals surface area contributed by atoms with E-state index in [1.54, 1.807) is 0 Å². The summed E-state index contributed by atoms with van der Waals surface area (Å²) >= 11 is 0. The van der Waals surface area contributed by atoms with E-state index in [0.717, 1.165) is 42.0 Å². The number of aryl methyl sites for hydroxylation is 2. The van der Waals surface area contributed by atoms with E-state index in [1.807, 2.05) is 43.7 Å². The lowest BCUT2D eigenvalue weighted by atomic mass is 9.97. The molecule has 6 nitrogen and oxygen atoms in total. The number of aromatic nitrogens is 2. The van der Waals surface area contributed by atoms with Crippen LogP contribution in [0.1, 0.15) is 42.8 Å². The Hall–Kier alpha value is -2.34. The summed E-state index contributed by atoms with van der Waals surface area (Å²) in [6.45, 7) is 7.35. The van der Waals surface area contributed by atoms with E-state index in [2.05, 4.69) is 27.9 Å². The number of hydrogen-bond acceptors (Lipinski definition) is 3. The molecule has 134 valence electrons. The van der Waals surface area contributed by atoms with Gasteiger partial charge in [-0.1, -0.05) is 30.3 Å². The van der Waals surface area contributed by atoms with Crippen LogP contribution in [0.3, 0.4) is 0 Å². The zero-order valence-corrected chi connectivity index (χ0v) is 15.1. The van der Waals surface area contributed by atoms with Gasteiger partial charge in [0.1, 0.15) is 0 Å². The molecule has 1 aromatic heterocycles. The summed E-state index contributed by atoms with van der Waals surface area (Å²) in [6.07, 6.45) is 1.64. The molecule has 0 radical (unpaired) electrons. The van der Waals surface area contributed by atoms with Crippen LogP contribution in [-0.2, 0) is 11.3 Å². The molecular weight excluding hydrogens is 316 g/mol. The molecule has 0 saturated carbocycles. The molecule has 2 aromatic rings. The Morgan fingerprint density at radius 3 is 2.76 bits per heavy atom. The lowest BCUT2D eigenvalue weighted by Crippen LogP contribution is -2.42. The molecule has 1 aromatic carbocycles. The van der Waals surface area contributed by atoms with Gasteiger partial charge in [-0.05, 0) is 39.2 Å². The second-order valence-electron chi connectivity index (χ2n) is 6.45. The minimum Gasteiger partial charge on any atom is -0.373 e. The van der Waals surface area contributed by atoms with E-state index >= 15 is 0 Å². The second kappa shape index (κ2) is 7.70. The first-order chi connectivity index (χ1) is 12.1. The van der Waals surface area contributed by atoms with Crippen LogP contribution in [0.25, 0.3) is 0 Å². The number of carbonyl (C=O) groups is 1. The predicted octanol–water partition coefficient (Wildman–Crippen LogP) is 3.56. The van der Waals surface area contributed by atoms with E-state index in [-0.39, 0.29) is 18.2 Å². The summed E-state index contributed by atoms with van der Waals surface area (Å²) < 4.78 is 7.76. The van der Waals surface area contributed by atoms with Crippen LogP contribution >= 0.6 is 0 Å². The summed E-state index contributed by atoms with van der Waals surface area (Å²) in [7, 11) is 0. The molecule has 6 heteroatoms. The quantitative estimate of drug-likeness (QED) is 0.893. The Bertz CT molecular complexity index is 727. The summed E-state index contributed by atoms with van der Waals surface area (Å²) in [5.41, 5.74) is 3.77. The van der Waals surface area contributed by atoms with Crippen molar-refractivity contribution in [1.82, 2.24) is 15.1 Å². The molecule has 0 unspecified atom stereocenters. The molecule has 3 rings (SSSR count). The van der Waals surface area contributed by atoms with Crippen molar-refractivity contribution in [3.63, 3.8) is 0 Å². The summed E-state index contributed by atoms with van der Waals surface area (Å²) in [5.74, 6) is 0. The topological polar surface area (TPSA) is 68.2 Å². The molecule has 2 amide bonds. The molecule has 1 aliphatic rings. The fourth-order valence-electron chi connectivity index (χ4n) is 3.35. The Labute approximate surface area is 148 Å². The summed E-state index contributed by atoms with van der Waals surface area (Å²) in [5, 5.41) is 10.5. The molecule has 0 aliphatic carbocycles. The molecule has 2 atom stereocenters. The van der Waals surface area contributed by atoms with Crippen LogP contribution in [0.15, 0.2) is 30.3 Å². The second-order valence-corrected chi connectivity index (χ2v) is 6.45. The maximum atomic E-state index is 12.4. The predicted molar refractivity (Wildman–Crippen MR) is 97.7 cm³/mol. The maximum Gasteiger partial charge on any atom is 0.319 e. The van der Waals surface area contributed by atoms with Crippen LogP contribution in [-0.4, -0.2) is 28.5 Å². The largest absolute Gasteiger partial charge is 0.373 e. The van der Waals surface area contributed by atoms with Crippen molar-refractivity contribution >= 4 is 11.7 Å². The Balaban J connectivity index is 1.60. The summed E-state index contributed by atoms with van der Waals surface area (Å²) in [4.78, 5) is 12.4. The van der Waals surface area contributed by atoms with Crippen molar-refractivity contribution in [2.45, 2.75) is 52.3 Å². The molecule has 0 spiro atoms. The zero-order chi connectivity index (χ0) is 17.8. The fraction of sp³-hybridized carbons (Fsp3) is 0.474. The van der Waals surface area contributed by atoms with Crippen LogP contribution < -0.4 is 10.6 Å². The van der Waals surface area contributed by atoms with Crippen LogP contribution in [0, 0.1) is 13.8 Å². The number of carbonyl (C=O) groups excluding carboxylic acids is 1. The molecule has 2 N–H and O–H groups in total. The van der Waals surface area contributed by atoms with Gasteiger partial charge < -0.3 is 15.4 Å². The number of benzene rings is 1. The van der Waals surface area contributed by atoms with Gasteiger partial charge in [-0.2, -0.15) is 5.10 Å². The van der Waals surface area contributed by atoms with Gasteiger partial charge in [-0.25, -0.2) is 4.79 Å². The molecule has 0 bridgehead atoms. The number of hydrogen-bond donors (Lipinski definition) is 2. The minimum atomic E-state index is -0.180. The normalized spacial score (nSPS) is 20.3. The molecule has 25 heavy (non-hydrogen) atoms. The number of amides is 2. The first kappa shape index (κ1) is 17.5. The van der Waals surface area contributed by atoms with Crippen molar-refractivity contribution in [2.75, 3.05) is 11.9 Å². The van der Waals surface area contributed by atoms with Gasteiger partial charge in [0.05, 0.1) is 23.2 Å². The average molecular weight is 342 g/mol. The van der Waals surface area contributed by atoms with Gasteiger partial charge in [0, 0.05) is 19.2 Å². The number of nitrogens with zero attached hydrogens (tertiary/aromatic N) is 2. The molecular formula is C19H26N4O2. The van der Waals surface area contributed by atoms with Gasteiger partial charge in [0.25, 0.3) is 0 Å². The highest BCUT2D eigenvalue weighted by molar-refractivity contribution is 5.90. The number of ether oxygens (including phenoxy) is 1. The van der Waals surface area contributed by atoms with E-state index < -0.39 is 0 Å². The Morgan fingerprint density at radius 1 is 1.32 bits per heavy atom. The van der Waals surface area contributed by atoms with Crippen LogP contribution in [0.2, 0.25) is 0 Å². The monoisotopic (exact) mass is 342 g/mol. The van der Waals surface area contributed by atoms with Gasteiger partial charge in [-0.3, -0.25) is 4.68 Å². The van der Waals surface area contributed by atoms with Crippen molar-refractivity contribution in [3.8, 4) is 0 Å². The highest BCUT2D eigenvalue weighted by Crippen LogP contribution is 2.28. The van der Waals surface area contributed by atoms with E-state index in [1.165, 1.54) is 0 Å². The van der Waals surface area contributed by atoms with Crippen molar-refractivity contribution < 1.29 is 9.53 Å². The first-order valence-corrected chi connectivity index (χ1v) is 8.86. The highest BCUT2D eigenvalue weighted by atomic mass is 16.5. The van der Waals surface area contributed by atoms with Gasteiger partial charge >= 0.3 is 6.03 Å². The molecule has 1 aliphatic heterocycles. The molecule has 1 fully saturated rings. The summed E-state index contributed by atoms with van der Waals surface area (Å²) in [6, 6.07) is 10.1. The smallest absolute Gasteiger partial charge is 0.319 e. The standard InChI is InChI=1S/C19H26N4O2/c1-4-23-14(3)18(13(2)22-23)21-19(24)20-16-10-11-25-17(12-16)15-8-6-5-7-9-15/h5-9,16-17H,4,10-12H2,1-3H3,(H2,20,21,24)/t16-,17-/m1/s1.